The lowest BCUT2D eigenvalue weighted by atomic mass is 9.77. The van der Waals surface area contributed by atoms with Crippen molar-refractivity contribution in [2.75, 3.05) is 0 Å². The molecule has 160 valence electrons. The van der Waals surface area contributed by atoms with Crippen molar-refractivity contribution in [1.29, 1.82) is 0 Å². The van der Waals surface area contributed by atoms with Gasteiger partial charge in [0.25, 0.3) is 0 Å². The van der Waals surface area contributed by atoms with E-state index in [9.17, 15) is 9.90 Å². The smallest absolute Gasteiger partial charge is 0.216 e. The largest absolute Gasteiger partial charge is 0.507 e. The van der Waals surface area contributed by atoms with Crippen LogP contribution in [0.2, 0.25) is 0 Å². The van der Waals surface area contributed by atoms with Crippen LogP contribution in [0.3, 0.4) is 0 Å². The molecular formula is C26H29N3O2. The number of ketones is 1. The van der Waals surface area contributed by atoms with Gasteiger partial charge in [0.15, 0.2) is 0 Å². The number of allylic oxidation sites excluding steroid dienone is 4. The number of aryl methyl sites for hydroxylation is 2. The summed E-state index contributed by atoms with van der Waals surface area (Å²) in [5.74, 6) is -0.431. The number of rotatable bonds is 6. The zero-order valence-corrected chi connectivity index (χ0v) is 18.8. The number of carbonyl (C=O) groups excluding carboxylic acids is 1. The highest BCUT2D eigenvalue weighted by Crippen LogP contribution is 2.37. The molecule has 0 saturated carbocycles. The summed E-state index contributed by atoms with van der Waals surface area (Å²) in [7, 11) is 0. The summed E-state index contributed by atoms with van der Waals surface area (Å²) in [6, 6.07) is 9.34. The first-order valence-electron chi connectivity index (χ1n) is 10.4. The Morgan fingerprint density at radius 2 is 1.97 bits per heavy atom. The van der Waals surface area contributed by atoms with Crippen molar-refractivity contribution in [1.82, 2.24) is 9.97 Å². The first-order valence-corrected chi connectivity index (χ1v) is 10.4. The molecule has 0 bridgehead atoms. The van der Waals surface area contributed by atoms with Gasteiger partial charge in [0, 0.05) is 23.7 Å². The number of nitrogens with zero attached hydrogens (tertiary/aromatic N) is 3. The third kappa shape index (κ3) is 5.23. The summed E-state index contributed by atoms with van der Waals surface area (Å²) in [6.45, 7) is 10.4. The maximum atomic E-state index is 13.3. The number of aliphatic imine (C=N–C) groups is 1. The molecule has 0 spiro atoms. The fraction of sp³-hybridized carbons (Fsp3) is 0.308. The second-order valence-electron chi connectivity index (χ2n) is 8.58. The van der Waals surface area contributed by atoms with Gasteiger partial charge in [-0.15, -0.1) is 0 Å². The van der Waals surface area contributed by atoms with Crippen LogP contribution in [-0.4, -0.2) is 27.1 Å². The van der Waals surface area contributed by atoms with Crippen molar-refractivity contribution >= 4 is 12.0 Å². The molecule has 0 saturated heterocycles. The minimum absolute atomic E-state index is 0.0243. The van der Waals surface area contributed by atoms with E-state index in [0.717, 1.165) is 28.9 Å². The van der Waals surface area contributed by atoms with E-state index in [1.807, 2.05) is 57.2 Å². The maximum absolute atomic E-state index is 13.3. The number of Topliss-reactive ketones (excluding diaryl/α,β-unsaturated/α-hetero) is 1. The first kappa shape index (κ1) is 22.3. The third-order valence-electron chi connectivity index (χ3n) is 5.69. The number of hydrogen-bond donors (Lipinski definition) is 1. The van der Waals surface area contributed by atoms with E-state index < -0.39 is 0 Å². The number of hydrogen-bond acceptors (Lipinski definition) is 5. The predicted octanol–water partition coefficient (Wildman–Crippen LogP) is 5.66. The van der Waals surface area contributed by atoms with Gasteiger partial charge >= 0.3 is 0 Å². The zero-order valence-electron chi connectivity index (χ0n) is 18.8. The highest BCUT2D eigenvalue weighted by molar-refractivity contribution is 6.21. The predicted molar refractivity (Wildman–Crippen MR) is 124 cm³/mol. The van der Waals surface area contributed by atoms with Gasteiger partial charge in [0.05, 0.1) is 17.8 Å². The minimum Gasteiger partial charge on any atom is -0.507 e. The second kappa shape index (κ2) is 9.21. The van der Waals surface area contributed by atoms with E-state index in [-0.39, 0.29) is 22.5 Å². The molecule has 0 aromatic carbocycles. The lowest BCUT2D eigenvalue weighted by Gasteiger charge is -2.28. The molecule has 1 aliphatic carbocycles. The van der Waals surface area contributed by atoms with E-state index in [2.05, 4.69) is 28.8 Å². The molecule has 0 unspecified atom stereocenters. The summed E-state index contributed by atoms with van der Waals surface area (Å²) in [6.07, 6.45) is 7.71. The topological polar surface area (TPSA) is 75.4 Å². The Bertz CT molecular complexity index is 1120. The Morgan fingerprint density at radius 3 is 2.65 bits per heavy atom. The summed E-state index contributed by atoms with van der Waals surface area (Å²) in [4.78, 5) is 26.4. The normalized spacial score (nSPS) is 16.5. The molecule has 31 heavy (non-hydrogen) atoms. The molecular weight excluding hydrogens is 386 g/mol. The van der Waals surface area contributed by atoms with Crippen molar-refractivity contribution in [3.8, 4) is 0 Å². The van der Waals surface area contributed by atoms with Crippen LogP contribution in [0.5, 0.6) is 0 Å². The van der Waals surface area contributed by atoms with Gasteiger partial charge in [-0.05, 0) is 56.4 Å². The molecule has 2 aromatic heterocycles. The summed E-state index contributed by atoms with van der Waals surface area (Å²) in [5.41, 5.74) is 4.69. The number of aromatic nitrogens is 2. The zero-order chi connectivity index (χ0) is 22.6. The molecule has 2 heterocycles. The SMILES string of the molecule is CC1=CC(C(O)=C(C=NCc2cccc(C)n2)C(=O)c2ncccc2C)=CCC1(C)C. The van der Waals surface area contributed by atoms with Crippen LogP contribution in [0.25, 0.3) is 0 Å². The fourth-order valence-electron chi connectivity index (χ4n) is 3.33. The molecule has 0 aliphatic heterocycles. The summed E-state index contributed by atoms with van der Waals surface area (Å²) >= 11 is 0. The number of aliphatic hydroxyl groups is 1. The molecule has 2 aromatic rings. The van der Waals surface area contributed by atoms with Crippen molar-refractivity contribution in [3.63, 3.8) is 0 Å². The van der Waals surface area contributed by atoms with E-state index in [1.165, 1.54) is 6.21 Å². The third-order valence-corrected chi connectivity index (χ3v) is 5.69. The molecule has 0 fully saturated rings. The molecule has 0 atom stereocenters. The van der Waals surface area contributed by atoms with Gasteiger partial charge in [-0.3, -0.25) is 19.8 Å². The van der Waals surface area contributed by atoms with Crippen LogP contribution in [-0.2, 0) is 6.54 Å². The molecule has 3 rings (SSSR count). The van der Waals surface area contributed by atoms with Crippen LogP contribution < -0.4 is 0 Å². The minimum atomic E-state index is -0.353. The Kier molecular flexibility index (Phi) is 6.64. The Balaban J connectivity index is 2.01. The van der Waals surface area contributed by atoms with E-state index >= 15 is 0 Å². The van der Waals surface area contributed by atoms with E-state index in [1.54, 1.807) is 12.3 Å². The Morgan fingerprint density at radius 1 is 1.19 bits per heavy atom. The Labute approximate surface area is 184 Å². The van der Waals surface area contributed by atoms with E-state index in [0.29, 0.717) is 17.8 Å². The standard InChI is InChI=1S/C26H29N3O2/c1-17-8-7-13-28-23(17)25(31)22(16-27-15-21-10-6-9-19(3)29-21)24(30)20-11-12-26(4,5)18(2)14-20/h6-11,13-14,16,30H,12,15H2,1-5H3. The number of pyridine rings is 2. The van der Waals surface area contributed by atoms with Gasteiger partial charge in [-0.1, -0.05) is 43.7 Å². The van der Waals surface area contributed by atoms with Crippen LogP contribution in [0.15, 0.2) is 76.2 Å². The lowest BCUT2D eigenvalue weighted by Crippen LogP contribution is -2.17. The van der Waals surface area contributed by atoms with Gasteiger partial charge in [-0.25, -0.2) is 0 Å². The van der Waals surface area contributed by atoms with Crippen molar-refractivity contribution in [2.24, 2.45) is 10.4 Å². The van der Waals surface area contributed by atoms with Crippen molar-refractivity contribution in [3.05, 3.63) is 93.8 Å². The summed E-state index contributed by atoms with van der Waals surface area (Å²) in [5, 5.41) is 11.1. The average molecular weight is 416 g/mol. The molecule has 5 nitrogen and oxygen atoms in total. The first-order chi connectivity index (χ1) is 14.7. The monoisotopic (exact) mass is 415 g/mol. The molecule has 5 heteroatoms. The van der Waals surface area contributed by atoms with Crippen LogP contribution in [0.4, 0.5) is 0 Å². The maximum Gasteiger partial charge on any atom is 0.216 e. The van der Waals surface area contributed by atoms with Gasteiger partial charge in [-0.2, -0.15) is 0 Å². The second-order valence-corrected chi connectivity index (χ2v) is 8.58. The van der Waals surface area contributed by atoms with Crippen LogP contribution >= 0.6 is 0 Å². The lowest BCUT2D eigenvalue weighted by molar-refractivity contribution is 0.103. The highest BCUT2D eigenvalue weighted by atomic mass is 16.3. The van der Waals surface area contributed by atoms with Crippen molar-refractivity contribution < 1.29 is 9.90 Å². The molecule has 1 N–H and O–H groups in total. The number of carbonyl (C=O) groups is 1. The molecule has 1 aliphatic rings. The van der Waals surface area contributed by atoms with Gasteiger partial charge in [0.1, 0.15) is 11.5 Å². The van der Waals surface area contributed by atoms with Gasteiger partial charge in [0.2, 0.25) is 5.78 Å². The Hall–Kier alpha value is -3.34. The molecule has 0 amide bonds. The average Bonchev–Trinajstić information content (AvgIpc) is 2.73. The van der Waals surface area contributed by atoms with Crippen LogP contribution in [0, 0.1) is 19.3 Å². The highest BCUT2D eigenvalue weighted by Gasteiger charge is 2.26. The fourth-order valence-corrected chi connectivity index (χ4v) is 3.33. The summed E-state index contributed by atoms with van der Waals surface area (Å²) < 4.78 is 0. The van der Waals surface area contributed by atoms with Crippen molar-refractivity contribution in [2.45, 2.75) is 47.6 Å². The van der Waals surface area contributed by atoms with E-state index in [4.69, 9.17) is 0 Å². The van der Waals surface area contributed by atoms with Crippen LogP contribution in [0.1, 0.15) is 54.6 Å². The quantitative estimate of drug-likeness (QED) is 0.286. The number of aliphatic hydroxyl groups excluding tert-OH is 1. The van der Waals surface area contributed by atoms with Gasteiger partial charge < -0.3 is 5.11 Å². The molecule has 0 radical (unpaired) electrons.